The Labute approximate surface area is 446 Å². The number of hydrogen-bond acceptors (Lipinski definition) is 0. The van der Waals surface area contributed by atoms with Crippen molar-refractivity contribution in [1.82, 2.24) is 0 Å². The predicted octanol–water partition coefficient (Wildman–Crippen LogP) is 21.9. The van der Waals surface area contributed by atoms with Gasteiger partial charge in [0, 0.05) is 0 Å². The molecule has 0 radical (unpaired) electrons. The second-order valence-corrected chi connectivity index (χ2v) is 21.2. The predicted molar refractivity (Wildman–Crippen MR) is 328 cm³/mol. The Hall–Kier alpha value is -5.46. The zero-order valence-electron chi connectivity index (χ0n) is 49.9. The van der Waals surface area contributed by atoms with Crippen LogP contribution >= 0.6 is 0 Å². The molecule has 7 rings (SSSR count). The third-order valence-corrected chi connectivity index (χ3v) is 12.1. The monoisotopic (exact) mass is 969 g/mol. The first-order valence-corrected chi connectivity index (χ1v) is 27.5. The summed E-state index contributed by atoms with van der Waals surface area (Å²) in [5.41, 5.74) is 19.6. The Bertz CT molecular complexity index is 2290. The van der Waals surface area contributed by atoms with Gasteiger partial charge in [0.2, 0.25) is 0 Å². The van der Waals surface area contributed by atoms with Crippen LogP contribution in [0.4, 0.5) is 0 Å². The second-order valence-electron chi connectivity index (χ2n) is 21.2. The van der Waals surface area contributed by atoms with Gasteiger partial charge < -0.3 is 0 Å². The van der Waals surface area contributed by atoms with E-state index < -0.39 is 0 Å². The SMILES string of the molecule is CC.CCC(C)c1ccc(C)cc1.CCCc1ccc(C)cc1.CCc1ccc(C)cc1.Cc1ccc(C(C)(C)C)cc1.Cc1ccc(C(C)C)cc1.Cc1ccc(C)cc1.Cc1ccc(CC(C)C)cc1. The quantitative estimate of drug-likeness (QED) is 0.142. The molecule has 0 fully saturated rings. The van der Waals surface area contributed by atoms with Gasteiger partial charge in [-0.3, -0.25) is 0 Å². The third-order valence-electron chi connectivity index (χ3n) is 12.1. The summed E-state index contributed by atoms with van der Waals surface area (Å²) in [5.74, 6) is 2.12. The molecular formula is C72H104. The van der Waals surface area contributed by atoms with Crippen molar-refractivity contribution >= 4 is 0 Å². The van der Waals surface area contributed by atoms with E-state index in [1.54, 1.807) is 0 Å². The minimum absolute atomic E-state index is 0.285. The van der Waals surface area contributed by atoms with E-state index in [-0.39, 0.29) is 5.41 Å². The van der Waals surface area contributed by atoms with Crippen LogP contribution in [0.1, 0.15) is 193 Å². The van der Waals surface area contributed by atoms with E-state index in [1.807, 2.05) is 13.8 Å². The molecule has 0 nitrogen and oxygen atoms in total. The minimum atomic E-state index is 0.285. The van der Waals surface area contributed by atoms with Crippen LogP contribution in [0.25, 0.3) is 0 Å². The zero-order valence-corrected chi connectivity index (χ0v) is 49.9. The van der Waals surface area contributed by atoms with E-state index in [4.69, 9.17) is 0 Å². The Morgan fingerprint density at radius 3 is 0.903 bits per heavy atom. The Balaban J connectivity index is 0.000000813. The van der Waals surface area contributed by atoms with Gasteiger partial charge in [-0.05, 0) is 138 Å². The van der Waals surface area contributed by atoms with E-state index in [0.29, 0.717) is 11.8 Å². The molecule has 0 amide bonds. The fraction of sp³-hybridized carbons (Fsp3) is 0.417. The van der Waals surface area contributed by atoms with Gasteiger partial charge in [0.1, 0.15) is 0 Å². The first kappa shape index (κ1) is 66.5. The van der Waals surface area contributed by atoms with Gasteiger partial charge in [0.25, 0.3) is 0 Å². The summed E-state index contributed by atoms with van der Waals surface area (Å²) in [7, 11) is 0. The summed E-state index contributed by atoms with van der Waals surface area (Å²) in [6, 6.07) is 61.0. The highest BCUT2D eigenvalue weighted by Crippen LogP contribution is 2.22. The molecule has 0 aliphatic rings. The fourth-order valence-electron chi connectivity index (χ4n) is 6.84. The van der Waals surface area contributed by atoms with Gasteiger partial charge in [-0.15, -0.1) is 0 Å². The van der Waals surface area contributed by atoms with Crippen molar-refractivity contribution in [2.75, 3.05) is 0 Å². The number of aryl methyl sites for hydroxylation is 10. The van der Waals surface area contributed by atoms with E-state index in [2.05, 4.69) is 301 Å². The highest BCUT2D eigenvalue weighted by atomic mass is 14.2. The average molecular weight is 970 g/mol. The van der Waals surface area contributed by atoms with Crippen molar-refractivity contribution in [3.05, 3.63) is 248 Å². The number of hydrogen-bond donors (Lipinski definition) is 0. The Morgan fingerprint density at radius 1 is 0.347 bits per heavy atom. The third kappa shape index (κ3) is 32.5. The van der Waals surface area contributed by atoms with Gasteiger partial charge in [-0.2, -0.15) is 0 Å². The van der Waals surface area contributed by atoms with Crippen molar-refractivity contribution in [2.24, 2.45) is 5.92 Å². The van der Waals surface area contributed by atoms with Crippen LogP contribution in [0.3, 0.4) is 0 Å². The zero-order chi connectivity index (χ0) is 54.6. The molecule has 0 saturated carbocycles. The van der Waals surface area contributed by atoms with Crippen LogP contribution in [-0.2, 0) is 24.7 Å². The van der Waals surface area contributed by atoms with Crippen LogP contribution in [0.2, 0.25) is 0 Å². The lowest BCUT2D eigenvalue weighted by atomic mass is 9.87. The molecular weight excluding hydrogens is 865 g/mol. The molecule has 72 heavy (non-hydrogen) atoms. The van der Waals surface area contributed by atoms with Crippen molar-refractivity contribution in [1.29, 1.82) is 0 Å². The van der Waals surface area contributed by atoms with Crippen LogP contribution in [0.5, 0.6) is 0 Å². The second kappa shape index (κ2) is 38.2. The molecule has 0 heterocycles. The van der Waals surface area contributed by atoms with Gasteiger partial charge in [-0.25, -0.2) is 0 Å². The van der Waals surface area contributed by atoms with Gasteiger partial charge in [-0.1, -0.05) is 311 Å². The van der Waals surface area contributed by atoms with Gasteiger partial charge >= 0.3 is 0 Å². The molecule has 0 aromatic heterocycles. The largest absolute Gasteiger partial charge is 0.0683 e. The molecule has 0 aliphatic carbocycles. The lowest BCUT2D eigenvalue weighted by Gasteiger charge is -2.18. The molecule has 1 atom stereocenters. The van der Waals surface area contributed by atoms with Crippen LogP contribution in [-0.4, -0.2) is 0 Å². The Morgan fingerprint density at radius 2 is 0.625 bits per heavy atom. The smallest absolute Gasteiger partial charge is 0.0132 e. The van der Waals surface area contributed by atoms with Gasteiger partial charge in [0.05, 0.1) is 0 Å². The maximum Gasteiger partial charge on any atom is -0.0132 e. The van der Waals surface area contributed by atoms with Crippen LogP contribution in [0.15, 0.2) is 170 Å². The molecule has 0 N–H and O–H groups in total. The summed E-state index contributed by atoms with van der Waals surface area (Å²) in [6.07, 6.45) is 6.01. The van der Waals surface area contributed by atoms with E-state index in [9.17, 15) is 0 Å². The molecule has 0 heteroatoms. The summed E-state index contributed by atoms with van der Waals surface area (Å²) >= 11 is 0. The minimum Gasteiger partial charge on any atom is -0.0683 e. The molecule has 7 aromatic carbocycles. The molecule has 392 valence electrons. The van der Waals surface area contributed by atoms with E-state index >= 15 is 0 Å². The fourth-order valence-corrected chi connectivity index (χ4v) is 6.84. The molecule has 0 bridgehead atoms. The van der Waals surface area contributed by atoms with Gasteiger partial charge in [0.15, 0.2) is 0 Å². The topological polar surface area (TPSA) is 0 Å². The first-order chi connectivity index (χ1) is 34.1. The summed E-state index contributed by atoms with van der Waals surface area (Å²) in [6.45, 7) is 45.4. The molecule has 0 saturated heterocycles. The highest BCUT2D eigenvalue weighted by Gasteiger charge is 2.12. The molecule has 1 unspecified atom stereocenters. The first-order valence-electron chi connectivity index (χ1n) is 27.5. The lowest BCUT2D eigenvalue weighted by Crippen LogP contribution is -2.10. The highest BCUT2D eigenvalue weighted by molar-refractivity contribution is 5.28. The number of benzene rings is 7. The van der Waals surface area contributed by atoms with Crippen LogP contribution in [0, 0.1) is 61.3 Å². The molecule has 7 aromatic rings. The van der Waals surface area contributed by atoms with Crippen molar-refractivity contribution in [3.63, 3.8) is 0 Å². The summed E-state index contributed by atoms with van der Waals surface area (Å²) in [5, 5.41) is 0. The maximum atomic E-state index is 2.27. The van der Waals surface area contributed by atoms with E-state index in [0.717, 1.165) is 12.3 Å². The molecule has 0 spiro atoms. The Kier molecular flexibility index (Phi) is 35.3. The maximum absolute atomic E-state index is 2.27. The standard InChI is InChI=1S/3C11H16.2C10H14.C9H12.C8H10.C2H6/c1-9-5-7-10(8-6-9)11(2,3)4;1-9(2)8-11-6-4-10(3)5-7-11;1-4-10(3)11-7-5-9(2)6-8-11;1-8(2)10-6-4-9(3)5-7-10;1-3-4-10-7-5-9(2)6-8-10;1-3-9-6-4-8(2)5-7-9;1-7-3-5-8(2)6-4-7;1-2/h5-8H,1-4H3;4-7,9H,8H2,1-3H3;5-8,10H,4H2,1-3H3;4-8H,1-3H3;5-8H,3-4H2,1-2H3;4-7H,3H2,1-2H3;3-6H,1-2H3;1-2H3. The molecule has 0 aliphatic heterocycles. The lowest BCUT2D eigenvalue weighted by molar-refractivity contribution is 0.590. The van der Waals surface area contributed by atoms with Crippen molar-refractivity contribution in [3.8, 4) is 0 Å². The summed E-state index contributed by atoms with van der Waals surface area (Å²) in [4.78, 5) is 0. The van der Waals surface area contributed by atoms with Crippen LogP contribution < -0.4 is 0 Å². The number of rotatable bonds is 8. The normalized spacial score (nSPS) is 10.5. The average Bonchev–Trinajstić information content (AvgIpc) is 3.36. The van der Waals surface area contributed by atoms with Crippen molar-refractivity contribution in [2.45, 2.75) is 195 Å². The van der Waals surface area contributed by atoms with Crippen molar-refractivity contribution < 1.29 is 0 Å². The van der Waals surface area contributed by atoms with E-state index in [1.165, 1.54) is 104 Å². The summed E-state index contributed by atoms with van der Waals surface area (Å²) < 4.78 is 0.